The van der Waals surface area contributed by atoms with Crippen LogP contribution < -0.4 is 14.9 Å². The molecule has 82 heavy (non-hydrogen) atoms. The van der Waals surface area contributed by atoms with E-state index < -0.39 is 18.2 Å². The number of rotatable bonds is 14. The number of benzene rings is 8. The minimum atomic E-state index is -1.47. The number of nitrogens with zero attached hydrogens (tertiary/aromatic N) is 6. The summed E-state index contributed by atoms with van der Waals surface area (Å²) in [5.41, 5.74) is 9.50. The molecule has 0 saturated heterocycles. The number of hydrogen-bond donors (Lipinski definition) is 2. The molecule has 408 valence electrons. The summed E-state index contributed by atoms with van der Waals surface area (Å²) >= 11 is 14.2. The van der Waals surface area contributed by atoms with E-state index in [0.29, 0.717) is 10.6 Å². The zero-order valence-electron chi connectivity index (χ0n) is 45.5. The van der Waals surface area contributed by atoms with Gasteiger partial charge in [0.2, 0.25) is 0 Å². The fourth-order valence-corrected chi connectivity index (χ4v) is 11.5. The lowest BCUT2D eigenvalue weighted by atomic mass is 9.77. The van der Waals surface area contributed by atoms with Gasteiger partial charge in [-0.05, 0) is 150 Å². The van der Waals surface area contributed by atoms with Crippen molar-refractivity contribution in [3.05, 3.63) is 302 Å². The van der Waals surface area contributed by atoms with Gasteiger partial charge >= 0.3 is 7.12 Å². The molecule has 0 unspecified atom stereocenters. The van der Waals surface area contributed by atoms with Gasteiger partial charge in [-0.25, -0.2) is 19.3 Å². The van der Waals surface area contributed by atoms with Crippen LogP contribution >= 0.6 is 45.8 Å². The second-order valence-corrected chi connectivity index (χ2v) is 21.7. The van der Waals surface area contributed by atoms with Gasteiger partial charge in [-0.2, -0.15) is 10.2 Å². The standard InChI is InChI=1S/C34H28ClN3O.C29H25IN2O.C5H5BClNO2/c1-24(2)39-29-18-19-31-30(23-29)33(25-20-21-36-32(35)22-25)37-38(31)34(26-12-6-3-7-13-26,27-14-8-4-9-15-27)28-16-10-5-11-17-28;1-21(2)33-25-18-19-27-26(20-25)28(30)31-32(27)29(22-12-6-3-7-13-22,23-14-8-4-9-15-23)24-16-10-5-11-17-24;7-5-3-4(6(9)10)1-2-8-5/h3-24H,1-2H3;3-21H,1-2H3;1-3,9-10H. The van der Waals surface area contributed by atoms with Gasteiger partial charge in [0.25, 0.3) is 0 Å². The van der Waals surface area contributed by atoms with Gasteiger partial charge in [0.15, 0.2) is 0 Å². The van der Waals surface area contributed by atoms with Gasteiger partial charge < -0.3 is 19.5 Å². The van der Waals surface area contributed by atoms with Crippen molar-refractivity contribution in [1.29, 1.82) is 0 Å². The summed E-state index contributed by atoms with van der Waals surface area (Å²) in [6.07, 6.45) is 3.30. The highest BCUT2D eigenvalue weighted by atomic mass is 127. The summed E-state index contributed by atoms with van der Waals surface area (Å²) < 4.78 is 17.4. The highest BCUT2D eigenvalue weighted by molar-refractivity contribution is 14.1. The monoisotopic (exact) mass is 1230 g/mol. The summed E-state index contributed by atoms with van der Waals surface area (Å²) in [6, 6.07) is 82.8. The van der Waals surface area contributed by atoms with Crippen LogP contribution in [0.25, 0.3) is 33.1 Å². The molecule has 0 aliphatic rings. The van der Waals surface area contributed by atoms with Crippen molar-refractivity contribution in [3.8, 4) is 22.8 Å². The first-order valence-electron chi connectivity index (χ1n) is 26.9. The van der Waals surface area contributed by atoms with Crippen LogP contribution in [-0.4, -0.2) is 58.9 Å². The molecule has 10 nitrogen and oxygen atoms in total. The van der Waals surface area contributed by atoms with Gasteiger partial charge in [0, 0.05) is 28.7 Å². The Morgan fingerprint density at radius 1 is 0.439 bits per heavy atom. The van der Waals surface area contributed by atoms with Crippen molar-refractivity contribution in [1.82, 2.24) is 29.5 Å². The van der Waals surface area contributed by atoms with Crippen molar-refractivity contribution < 1.29 is 19.5 Å². The molecule has 0 aliphatic carbocycles. The quantitative estimate of drug-likeness (QED) is 0.0478. The van der Waals surface area contributed by atoms with E-state index in [4.69, 9.17) is 52.9 Å². The SMILES string of the molecule is CC(C)Oc1ccc2c(c1)c(-c1ccnc(Cl)c1)nn2C(c1ccccc1)(c1ccccc1)c1ccccc1.CC(C)Oc1ccc2c(c1)c(I)nn2C(c1ccccc1)(c1ccccc1)c1ccccc1.OB(O)c1ccnc(Cl)c1. The zero-order chi connectivity index (χ0) is 57.2. The van der Waals surface area contributed by atoms with Crippen molar-refractivity contribution in [2.45, 2.75) is 51.0 Å². The number of fused-ring (bicyclic) bond motifs is 2. The normalized spacial score (nSPS) is 11.5. The molecule has 0 fully saturated rings. The molecule has 4 aromatic heterocycles. The second kappa shape index (κ2) is 25.8. The van der Waals surface area contributed by atoms with E-state index in [0.717, 1.165) is 81.6 Å². The first-order valence-corrected chi connectivity index (χ1v) is 28.7. The number of ether oxygens (including phenoxy) is 2. The van der Waals surface area contributed by atoms with Crippen LogP contribution in [-0.2, 0) is 11.1 Å². The average molecular weight is 1230 g/mol. The second-order valence-electron chi connectivity index (χ2n) is 19.9. The molecule has 0 spiro atoms. The van der Waals surface area contributed by atoms with Crippen LogP contribution in [0.1, 0.15) is 61.1 Å². The molecule has 0 amide bonds. The summed E-state index contributed by atoms with van der Waals surface area (Å²) in [5, 5.41) is 30.5. The van der Waals surface area contributed by atoms with E-state index in [2.05, 4.69) is 230 Å². The summed E-state index contributed by atoms with van der Waals surface area (Å²) in [5.74, 6) is 1.66. The minimum absolute atomic E-state index is 0.0494. The molecule has 14 heteroatoms. The maximum Gasteiger partial charge on any atom is 0.488 e. The molecule has 0 aliphatic heterocycles. The van der Waals surface area contributed by atoms with E-state index in [1.54, 1.807) is 6.20 Å². The molecule has 0 atom stereocenters. The highest BCUT2D eigenvalue weighted by Crippen LogP contribution is 2.46. The Morgan fingerprint density at radius 3 is 1.15 bits per heavy atom. The summed E-state index contributed by atoms with van der Waals surface area (Å²) in [6.45, 7) is 8.15. The third-order valence-corrected chi connectivity index (χ3v) is 15.0. The molecule has 12 rings (SSSR count). The average Bonchev–Trinajstić information content (AvgIpc) is 2.22. The molecule has 8 aromatic carbocycles. The van der Waals surface area contributed by atoms with Crippen LogP contribution in [0.5, 0.6) is 11.5 Å². The zero-order valence-corrected chi connectivity index (χ0v) is 49.2. The molecule has 0 bridgehead atoms. The highest BCUT2D eigenvalue weighted by Gasteiger charge is 2.42. The molecule has 0 radical (unpaired) electrons. The van der Waals surface area contributed by atoms with Gasteiger partial charge in [0.05, 0.1) is 23.2 Å². The van der Waals surface area contributed by atoms with E-state index in [1.807, 2.05) is 70.2 Å². The minimum Gasteiger partial charge on any atom is -0.491 e. The molecular weight excluding hydrogens is 1170 g/mol. The van der Waals surface area contributed by atoms with E-state index in [-0.39, 0.29) is 17.4 Å². The molecule has 4 heterocycles. The van der Waals surface area contributed by atoms with Crippen molar-refractivity contribution in [2.24, 2.45) is 0 Å². The topological polar surface area (TPSA) is 120 Å². The molecule has 0 saturated carbocycles. The maximum absolute atomic E-state index is 8.62. The van der Waals surface area contributed by atoms with Crippen molar-refractivity contribution in [2.75, 3.05) is 0 Å². The number of hydrogen-bond acceptors (Lipinski definition) is 8. The predicted octanol–water partition coefficient (Wildman–Crippen LogP) is 15.1. The number of halogens is 3. The largest absolute Gasteiger partial charge is 0.491 e. The third kappa shape index (κ3) is 11.9. The molecular formula is C68H58BCl2IN6O4. The van der Waals surface area contributed by atoms with Crippen LogP contribution in [0.15, 0.2) is 255 Å². The first-order chi connectivity index (χ1) is 39.9. The van der Waals surface area contributed by atoms with E-state index in [1.165, 1.54) is 18.3 Å². The van der Waals surface area contributed by atoms with Gasteiger partial charge in [-0.15, -0.1) is 0 Å². The van der Waals surface area contributed by atoms with E-state index >= 15 is 0 Å². The van der Waals surface area contributed by atoms with E-state index in [9.17, 15) is 0 Å². The Bertz CT molecular complexity index is 3830. The van der Waals surface area contributed by atoms with Crippen molar-refractivity contribution in [3.63, 3.8) is 0 Å². The number of pyridine rings is 2. The van der Waals surface area contributed by atoms with Crippen LogP contribution in [0.3, 0.4) is 0 Å². The van der Waals surface area contributed by atoms with Gasteiger partial charge in [-0.1, -0.05) is 205 Å². The molecule has 2 N–H and O–H groups in total. The fraction of sp³-hybridized carbons (Fsp3) is 0.118. The van der Waals surface area contributed by atoms with Crippen LogP contribution in [0.4, 0.5) is 0 Å². The van der Waals surface area contributed by atoms with Gasteiger partial charge in [-0.3, -0.25) is 0 Å². The molecule has 12 aromatic rings. The predicted molar refractivity (Wildman–Crippen MR) is 340 cm³/mol. The Labute approximate surface area is 501 Å². The number of aromatic nitrogens is 6. The maximum atomic E-state index is 8.62. The fourth-order valence-electron chi connectivity index (χ4n) is 10.5. The van der Waals surface area contributed by atoms with Crippen LogP contribution in [0, 0.1) is 3.70 Å². The summed E-state index contributed by atoms with van der Waals surface area (Å²) in [7, 11) is -1.47. The Kier molecular flexibility index (Phi) is 18.0. The Balaban J connectivity index is 0.000000159. The lowest BCUT2D eigenvalue weighted by Crippen LogP contribution is -2.38. The van der Waals surface area contributed by atoms with Crippen molar-refractivity contribution >= 4 is 80.2 Å². The lowest BCUT2D eigenvalue weighted by Gasteiger charge is -2.37. The first kappa shape index (κ1) is 57.1. The third-order valence-electron chi connectivity index (χ3n) is 13.8. The van der Waals surface area contributed by atoms with Crippen LogP contribution in [0.2, 0.25) is 10.3 Å². The Hall–Kier alpha value is -8.11. The summed E-state index contributed by atoms with van der Waals surface area (Å²) in [4.78, 5) is 7.87. The smallest absolute Gasteiger partial charge is 0.488 e. The lowest BCUT2D eigenvalue weighted by molar-refractivity contribution is 0.242. The van der Waals surface area contributed by atoms with Gasteiger partial charge in [0.1, 0.15) is 42.3 Å². The Morgan fingerprint density at radius 2 is 0.793 bits per heavy atom.